The van der Waals surface area contributed by atoms with Crippen LogP contribution in [-0.4, -0.2) is 18.4 Å². The second kappa shape index (κ2) is 5.31. The quantitative estimate of drug-likeness (QED) is 0.651. The van der Waals surface area contributed by atoms with E-state index in [9.17, 15) is 4.79 Å². The van der Waals surface area contributed by atoms with Gasteiger partial charge < -0.3 is 10.1 Å². The van der Waals surface area contributed by atoms with Crippen molar-refractivity contribution in [2.45, 2.75) is 57.5 Å². The van der Waals surface area contributed by atoms with Gasteiger partial charge in [0.2, 0.25) is 0 Å². The molecule has 0 radical (unpaired) electrons. The van der Waals surface area contributed by atoms with Crippen molar-refractivity contribution in [3.8, 4) is 0 Å². The van der Waals surface area contributed by atoms with Crippen LogP contribution in [0.15, 0.2) is 0 Å². The van der Waals surface area contributed by atoms with Gasteiger partial charge in [-0.3, -0.25) is 0 Å². The summed E-state index contributed by atoms with van der Waals surface area (Å²) in [7, 11) is 0. The molecule has 0 aromatic carbocycles. The maximum absolute atomic E-state index is 10.2. The van der Waals surface area contributed by atoms with Crippen molar-refractivity contribution in [2.24, 2.45) is 0 Å². The first-order valence-electron chi connectivity index (χ1n) is 5.02. The Morgan fingerprint density at radius 1 is 1.42 bits per heavy atom. The van der Waals surface area contributed by atoms with Crippen LogP contribution in [0.4, 0.5) is 0 Å². The Morgan fingerprint density at radius 3 is 2.67 bits per heavy atom. The molecule has 0 heterocycles. The Morgan fingerprint density at radius 2 is 2.08 bits per heavy atom. The molecule has 0 amide bonds. The molecule has 1 aliphatic carbocycles. The normalized spacial score (nSPS) is 22.1. The molecule has 70 valence electrons. The number of nitrogens with one attached hydrogen (secondary N) is 1. The number of hydrogen-bond donors (Lipinski definition) is 1. The maximum atomic E-state index is 10.2. The molecule has 1 aliphatic rings. The van der Waals surface area contributed by atoms with E-state index in [0.29, 0.717) is 18.5 Å². The molecule has 1 N–H and O–H groups in total. The fourth-order valence-electron chi connectivity index (χ4n) is 1.88. The summed E-state index contributed by atoms with van der Waals surface area (Å²) in [5.41, 5.74) is 0. The summed E-state index contributed by atoms with van der Waals surface area (Å²) in [6.07, 6.45) is 8.33. The zero-order chi connectivity index (χ0) is 8.81. The van der Waals surface area contributed by atoms with E-state index < -0.39 is 0 Å². The van der Waals surface area contributed by atoms with Crippen LogP contribution in [-0.2, 0) is 4.79 Å². The first-order valence-corrected chi connectivity index (χ1v) is 5.02. The highest BCUT2D eigenvalue weighted by Crippen LogP contribution is 2.17. The molecule has 1 atom stereocenters. The largest absolute Gasteiger partial charge is 0.311 e. The monoisotopic (exact) mass is 169 g/mol. The second-order valence-corrected chi connectivity index (χ2v) is 3.81. The van der Waals surface area contributed by atoms with Crippen LogP contribution in [0.3, 0.4) is 0 Å². The molecule has 0 saturated heterocycles. The van der Waals surface area contributed by atoms with E-state index in [2.05, 4.69) is 12.2 Å². The predicted molar refractivity (Wildman–Crippen MR) is 50.2 cm³/mol. The molecular formula is C10H19NO. The van der Waals surface area contributed by atoms with Crippen molar-refractivity contribution in [3.63, 3.8) is 0 Å². The van der Waals surface area contributed by atoms with Crippen molar-refractivity contribution in [1.29, 1.82) is 0 Å². The Kier molecular flexibility index (Phi) is 4.30. The lowest BCUT2D eigenvalue weighted by Crippen LogP contribution is -2.37. The third-order valence-electron chi connectivity index (χ3n) is 2.58. The first kappa shape index (κ1) is 9.72. The highest BCUT2D eigenvalue weighted by atomic mass is 16.1. The Hall–Kier alpha value is -0.370. The van der Waals surface area contributed by atoms with Crippen LogP contribution in [0.1, 0.15) is 45.4 Å². The van der Waals surface area contributed by atoms with Gasteiger partial charge in [0.05, 0.1) is 0 Å². The smallest absolute Gasteiger partial charge is 0.121 e. The van der Waals surface area contributed by atoms with Crippen LogP contribution in [0.2, 0.25) is 0 Å². The molecule has 2 nitrogen and oxygen atoms in total. The summed E-state index contributed by atoms with van der Waals surface area (Å²) in [5.74, 6) is 0. The van der Waals surface area contributed by atoms with Gasteiger partial charge in [0.1, 0.15) is 6.29 Å². The number of hydrogen-bond acceptors (Lipinski definition) is 2. The first-order chi connectivity index (χ1) is 5.83. The molecule has 1 rings (SSSR count). The lowest BCUT2D eigenvalue weighted by atomic mass is 9.95. The fourth-order valence-corrected chi connectivity index (χ4v) is 1.88. The van der Waals surface area contributed by atoms with E-state index in [1.165, 1.54) is 32.1 Å². The molecule has 2 heteroatoms. The minimum Gasteiger partial charge on any atom is -0.311 e. The average molecular weight is 169 g/mol. The third kappa shape index (κ3) is 3.35. The molecule has 12 heavy (non-hydrogen) atoms. The molecule has 0 aromatic heterocycles. The van der Waals surface area contributed by atoms with Gasteiger partial charge in [-0.15, -0.1) is 0 Å². The van der Waals surface area contributed by atoms with Crippen LogP contribution in [0.5, 0.6) is 0 Å². The van der Waals surface area contributed by atoms with Crippen LogP contribution in [0, 0.1) is 0 Å². The summed E-state index contributed by atoms with van der Waals surface area (Å²) >= 11 is 0. The lowest BCUT2D eigenvalue weighted by Gasteiger charge is -2.25. The van der Waals surface area contributed by atoms with Crippen LogP contribution >= 0.6 is 0 Å². The van der Waals surface area contributed by atoms with E-state index >= 15 is 0 Å². The topological polar surface area (TPSA) is 29.1 Å². The molecule has 0 spiro atoms. The van der Waals surface area contributed by atoms with Crippen molar-refractivity contribution < 1.29 is 4.79 Å². The number of carbonyl (C=O) groups is 1. The van der Waals surface area contributed by atoms with Gasteiger partial charge in [-0.05, 0) is 19.8 Å². The molecule has 0 aliphatic heterocycles. The fraction of sp³-hybridized carbons (Fsp3) is 0.900. The Balaban J connectivity index is 2.15. The Bertz CT molecular complexity index is 130. The third-order valence-corrected chi connectivity index (χ3v) is 2.58. The molecule has 1 fully saturated rings. The van der Waals surface area contributed by atoms with Gasteiger partial charge in [0.25, 0.3) is 0 Å². The summed E-state index contributed by atoms with van der Waals surface area (Å²) in [6.45, 7) is 2.09. The van der Waals surface area contributed by atoms with E-state index in [-0.39, 0.29) is 0 Å². The van der Waals surface area contributed by atoms with Gasteiger partial charge in [0.15, 0.2) is 0 Å². The van der Waals surface area contributed by atoms with Gasteiger partial charge in [-0.2, -0.15) is 0 Å². The van der Waals surface area contributed by atoms with E-state index in [4.69, 9.17) is 0 Å². The highest BCUT2D eigenvalue weighted by Gasteiger charge is 2.14. The maximum Gasteiger partial charge on any atom is 0.121 e. The zero-order valence-electron chi connectivity index (χ0n) is 7.88. The summed E-state index contributed by atoms with van der Waals surface area (Å²) in [4.78, 5) is 10.2. The summed E-state index contributed by atoms with van der Waals surface area (Å²) < 4.78 is 0. The number of rotatable bonds is 4. The van der Waals surface area contributed by atoms with Crippen molar-refractivity contribution in [3.05, 3.63) is 0 Å². The summed E-state index contributed by atoms with van der Waals surface area (Å²) in [5, 5.41) is 3.49. The molecule has 1 unspecified atom stereocenters. The van der Waals surface area contributed by atoms with Crippen molar-refractivity contribution >= 4 is 6.29 Å². The average Bonchev–Trinajstić information content (AvgIpc) is 2.06. The Labute approximate surface area is 74.7 Å². The highest BCUT2D eigenvalue weighted by molar-refractivity contribution is 5.50. The van der Waals surface area contributed by atoms with Crippen LogP contribution < -0.4 is 5.32 Å². The van der Waals surface area contributed by atoms with Gasteiger partial charge in [-0.1, -0.05) is 19.3 Å². The predicted octanol–water partition coefficient (Wildman–Crippen LogP) is 1.89. The molecule has 0 aromatic rings. The van der Waals surface area contributed by atoms with Gasteiger partial charge >= 0.3 is 0 Å². The van der Waals surface area contributed by atoms with Gasteiger partial charge in [0, 0.05) is 18.5 Å². The minimum absolute atomic E-state index is 0.366. The van der Waals surface area contributed by atoms with Gasteiger partial charge in [-0.25, -0.2) is 0 Å². The van der Waals surface area contributed by atoms with E-state index in [0.717, 1.165) is 6.29 Å². The van der Waals surface area contributed by atoms with Crippen molar-refractivity contribution in [2.75, 3.05) is 0 Å². The SMILES string of the molecule is CC(CC=O)NC1CCCCC1. The molecule has 0 bridgehead atoms. The number of aldehydes is 1. The molecule has 1 saturated carbocycles. The second-order valence-electron chi connectivity index (χ2n) is 3.81. The minimum atomic E-state index is 0.366. The lowest BCUT2D eigenvalue weighted by molar-refractivity contribution is -0.108. The molecular weight excluding hydrogens is 150 g/mol. The standard InChI is InChI=1S/C10H19NO/c1-9(7-8-12)11-10-5-3-2-4-6-10/h8-11H,2-7H2,1H3. The summed E-state index contributed by atoms with van der Waals surface area (Å²) in [6, 6.07) is 1.04. The number of carbonyl (C=O) groups excluding carboxylic acids is 1. The van der Waals surface area contributed by atoms with E-state index in [1.54, 1.807) is 0 Å². The van der Waals surface area contributed by atoms with Crippen molar-refractivity contribution in [1.82, 2.24) is 5.32 Å². The zero-order valence-corrected chi connectivity index (χ0v) is 7.88. The van der Waals surface area contributed by atoms with E-state index in [1.807, 2.05) is 0 Å². The van der Waals surface area contributed by atoms with Crippen LogP contribution in [0.25, 0.3) is 0 Å².